The lowest BCUT2D eigenvalue weighted by Gasteiger charge is -2.06. The van der Waals surface area contributed by atoms with Crippen molar-refractivity contribution in [1.29, 1.82) is 0 Å². The smallest absolute Gasteiger partial charge is 0.197 e. The van der Waals surface area contributed by atoms with Crippen molar-refractivity contribution in [3.63, 3.8) is 0 Å². The lowest BCUT2D eigenvalue weighted by Crippen LogP contribution is -2.05. The number of hydrogen-bond donors (Lipinski definition) is 0. The summed E-state index contributed by atoms with van der Waals surface area (Å²) in [6, 6.07) is 9.81. The van der Waals surface area contributed by atoms with Crippen LogP contribution in [0.1, 0.15) is 15.9 Å². The van der Waals surface area contributed by atoms with Gasteiger partial charge in [0.15, 0.2) is 5.78 Å². The van der Waals surface area contributed by atoms with Gasteiger partial charge in [-0.1, -0.05) is 22.0 Å². The first-order valence-electron chi connectivity index (χ1n) is 4.94. The first kappa shape index (κ1) is 13.9. The van der Waals surface area contributed by atoms with E-state index in [0.29, 0.717) is 10.0 Å². The molecule has 0 unspecified atom stereocenters. The zero-order chi connectivity index (χ0) is 13.3. The van der Waals surface area contributed by atoms with Gasteiger partial charge >= 0.3 is 0 Å². The summed E-state index contributed by atoms with van der Waals surface area (Å²) in [5, 5.41) is 0. The average Bonchev–Trinajstić information content (AvgIpc) is 2.32. The molecule has 5 heteroatoms. The van der Waals surface area contributed by atoms with Gasteiger partial charge in [-0.3, -0.25) is 4.79 Å². The number of hydrogen-bond acceptors (Lipinski definition) is 1. The van der Waals surface area contributed by atoms with Gasteiger partial charge in [0.1, 0.15) is 5.82 Å². The maximum Gasteiger partial charge on any atom is 0.197 e. The summed E-state index contributed by atoms with van der Waals surface area (Å²) in [5.41, 5.74) is 0.475. The van der Waals surface area contributed by atoms with Crippen LogP contribution < -0.4 is 0 Å². The number of halogens is 4. The van der Waals surface area contributed by atoms with Gasteiger partial charge in [-0.05, 0) is 62.2 Å². The molecule has 0 radical (unpaired) electrons. The van der Waals surface area contributed by atoms with Crippen LogP contribution in [0.15, 0.2) is 49.8 Å². The second-order valence-corrected chi connectivity index (χ2v) is 6.18. The number of benzene rings is 2. The second kappa shape index (κ2) is 5.63. The summed E-state index contributed by atoms with van der Waals surface area (Å²) in [6.45, 7) is 0. The van der Waals surface area contributed by atoms with Crippen molar-refractivity contribution >= 4 is 53.6 Å². The third-order valence-corrected chi connectivity index (χ3v) is 4.13. The third kappa shape index (κ3) is 2.73. The number of rotatable bonds is 2. The number of carbonyl (C=O) groups is 1. The molecule has 0 saturated heterocycles. The number of ketones is 1. The molecule has 0 aliphatic carbocycles. The molecule has 0 atom stereocenters. The Morgan fingerprint density at radius 1 is 0.944 bits per heavy atom. The molecule has 0 heterocycles. The zero-order valence-electron chi connectivity index (χ0n) is 8.88. The Labute approximate surface area is 129 Å². The summed E-state index contributed by atoms with van der Waals surface area (Å²) in [6.07, 6.45) is 0. The van der Waals surface area contributed by atoms with Gasteiger partial charge in [0.25, 0.3) is 0 Å². The van der Waals surface area contributed by atoms with Gasteiger partial charge in [0.2, 0.25) is 0 Å². The van der Waals surface area contributed by atoms with Crippen molar-refractivity contribution in [3.05, 3.63) is 66.8 Å². The molecule has 0 aromatic heterocycles. The zero-order valence-corrected chi connectivity index (χ0v) is 13.6. The molecule has 0 fully saturated rings. The molecular formula is C13H6Br3FO. The molecule has 2 aromatic carbocycles. The van der Waals surface area contributed by atoms with E-state index < -0.39 is 5.82 Å². The highest BCUT2D eigenvalue weighted by Crippen LogP contribution is 2.26. The first-order chi connectivity index (χ1) is 8.50. The van der Waals surface area contributed by atoms with Gasteiger partial charge < -0.3 is 0 Å². The monoisotopic (exact) mass is 434 g/mol. The summed E-state index contributed by atoms with van der Waals surface area (Å²) < 4.78 is 15.6. The molecule has 2 rings (SSSR count). The Morgan fingerprint density at radius 3 is 2.33 bits per heavy atom. The molecule has 0 saturated carbocycles. The van der Waals surface area contributed by atoms with Crippen molar-refractivity contribution in [2.45, 2.75) is 0 Å². The molecule has 0 spiro atoms. The van der Waals surface area contributed by atoms with Crippen molar-refractivity contribution in [1.82, 2.24) is 0 Å². The molecule has 18 heavy (non-hydrogen) atoms. The Hall–Kier alpha value is -0.520. The SMILES string of the molecule is O=C(c1ccc(Br)cc1Br)c1cccc(Br)c1F. The van der Waals surface area contributed by atoms with Crippen molar-refractivity contribution in [2.24, 2.45) is 0 Å². The minimum Gasteiger partial charge on any atom is -0.288 e. The molecule has 2 aromatic rings. The van der Waals surface area contributed by atoms with E-state index in [1.165, 1.54) is 6.07 Å². The Kier molecular flexibility index (Phi) is 4.35. The first-order valence-corrected chi connectivity index (χ1v) is 7.32. The van der Waals surface area contributed by atoms with Gasteiger partial charge in [-0.15, -0.1) is 0 Å². The van der Waals surface area contributed by atoms with Crippen molar-refractivity contribution in [2.75, 3.05) is 0 Å². The summed E-state index contributed by atoms with van der Waals surface area (Å²) >= 11 is 9.68. The van der Waals surface area contributed by atoms with Crippen LogP contribution in [-0.4, -0.2) is 5.78 Å². The van der Waals surface area contributed by atoms with Crippen LogP contribution in [-0.2, 0) is 0 Å². The fourth-order valence-corrected chi connectivity index (χ4v) is 3.09. The summed E-state index contributed by atoms with van der Waals surface area (Å²) in [4.78, 5) is 12.2. The van der Waals surface area contributed by atoms with Crippen LogP contribution in [0.3, 0.4) is 0 Å². The van der Waals surface area contributed by atoms with Crippen LogP contribution in [0.25, 0.3) is 0 Å². The highest BCUT2D eigenvalue weighted by Gasteiger charge is 2.17. The van der Waals surface area contributed by atoms with Crippen molar-refractivity contribution < 1.29 is 9.18 Å². The largest absolute Gasteiger partial charge is 0.288 e. The van der Waals surface area contributed by atoms with Crippen molar-refractivity contribution in [3.8, 4) is 0 Å². The fourth-order valence-electron chi connectivity index (χ4n) is 1.50. The van der Waals surface area contributed by atoms with E-state index in [4.69, 9.17) is 0 Å². The second-order valence-electron chi connectivity index (χ2n) is 3.55. The predicted octanol–water partition coefficient (Wildman–Crippen LogP) is 5.34. The van der Waals surface area contributed by atoms with Gasteiger partial charge in [-0.2, -0.15) is 0 Å². The van der Waals surface area contributed by atoms with Gasteiger partial charge in [-0.25, -0.2) is 4.39 Å². The molecule has 0 aliphatic heterocycles. The molecule has 0 aliphatic rings. The number of carbonyl (C=O) groups excluding carboxylic acids is 1. The van der Waals surface area contributed by atoms with E-state index in [2.05, 4.69) is 47.8 Å². The van der Waals surface area contributed by atoms with E-state index in [0.717, 1.165) is 4.47 Å². The van der Waals surface area contributed by atoms with E-state index >= 15 is 0 Å². The molecular weight excluding hydrogens is 431 g/mol. The highest BCUT2D eigenvalue weighted by molar-refractivity contribution is 9.11. The molecule has 92 valence electrons. The van der Waals surface area contributed by atoms with E-state index in [9.17, 15) is 9.18 Å². The van der Waals surface area contributed by atoms with Crippen LogP contribution in [0, 0.1) is 5.82 Å². The van der Waals surface area contributed by atoms with Gasteiger partial charge in [0.05, 0.1) is 10.0 Å². The molecule has 1 nitrogen and oxygen atoms in total. The molecule has 0 amide bonds. The van der Waals surface area contributed by atoms with E-state index in [1.54, 1.807) is 30.3 Å². The minimum absolute atomic E-state index is 0.0485. The highest BCUT2D eigenvalue weighted by atomic mass is 79.9. The summed E-state index contributed by atoms with van der Waals surface area (Å²) in [7, 11) is 0. The maximum atomic E-state index is 13.9. The minimum atomic E-state index is -0.544. The average molecular weight is 437 g/mol. The molecule has 0 N–H and O–H groups in total. The van der Waals surface area contributed by atoms with Gasteiger partial charge in [0, 0.05) is 14.5 Å². The lowest BCUT2D eigenvalue weighted by molar-refractivity contribution is 0.103. The van der Waals surface area contributed by atoms with Crippen LogP contribution >= 0.6 is 47.8 Å². The van der Waals surface area contributed by atoms with E-state index in [1.807, 2.05) is 0 Å². The normalized spacial score (nSPS) is 10.4. The van der Waals surface area contributed by atoms with E-state index in [-0.39, 0.29) is 15.8 Å². The molecule has 0 bridgehead atoms. The van der Waals surface area contributed by atoms with Crippen LogP contribution in [0.4, 0.5) is 4.39 Å². The van der Waals surface area contributed by atoms with Crippen LogP contribution in [0.2, 0.25) is 0 Å². The predicted molar refractivity (Wildman–Crippen MR) is 79.4 cm³/mol. The third-order valence-electron chi connectivity index (χ3n) is 2.37. The Bertz CT molecular complexity index is 626. The maximum absolute atomic E-state index is 13.9. The van der Waals surface area contributed by atoms with Crippen LogP contribution in [0.5, 0.6) is 0 Å². The lowest BCUT2D eigenvalue weighted by atomic mass is 10.0. The standard InChI is InChI=1S/C13H6Br3FO/c14-7-4-5-8(11(16)6-7)13(18)9-2-1-3-10(15)12(9)17/h1-6H. The summed E-state index contributed by atoms with van der Waals surface area (Å²) in [5.74, 6) is -0.898. The quantitative estimate of drug-likeness (QED) is 0.580. The Morgan fingerprint density at radius 2 is 1.67 bits per heavy atom. The fraction of sp³-hybridized carbons (Fsp3) is 0. The topological polar surface area (TPSA) is 17.1 Å². The Balaban J connectivity index is 2.51.